The van der Waals surface area contributed by atoms with Crippen LogP contribution in [0.3, 0.4) is 0 Å². The summed E-state index contributed by atoms with van der Waals surface area (Å²) in [7, 11) is 0. The lowest BCUT2D eigenvalue weighted by Gasteiger charge is -2.16. The topological polar surface area (TPSA) is 32.3 Å². The molecule has 2 aliphatic rings. The molecule has 0 spiro atoms. The van der Waals surface area contributed by atoms with Crippen molar-refractivity contribution >= 4 is 0 Å². The molecule has 0 amide bonds. The van der Waals surface area contributed by atoms with Crippen LogP contribution in [-0.2, 0) is 0 Å². The van der Waals surface area contributed by atoms with E-state index in [0.717, 1.165) is 31.3 Å². The SMILES string of the molecule is CC1(C)CC1CNCC(O)CC1CCCC1. The van der Waals surface area contributed by atoms with Crippen molar-refractivity contribution < 1.29 is 5.11 Å². The highest BCUT2D eigenvalue weighted by Crippen LogP contribution is 2.50. The van der Waals surface area contributed by atoms with E-state index in [4.69, 9.17) is 0 Å². The van der Waals surface area contributed by atoms with Gasteiger partial charge in [-0.05, 0) is 36.6 Å². The van der Waals surface area contributed by atoms with Crippen molar-refractivity contribution in [1.29, 1.82) is 0 Å². The second-order valence-electron chi connectivity index (χ2n) is 6.59. The highest BCUT2D eigenvalue weighted by atomic mass is 16.3. The highest BCUT2D eigenvalue weighted by molar-refractivity contribution is 4.96. The van der Waals surface area contributed by atoms with Gasteiger partial charge in [0.2, 0.25) is 0 Å². The van der Waals surface area contributed by atoms with Crippen LogP contribution in [0.4, 0.5) is 0 Å². The van der Waals surface area contributed by atoms with E-state index in [1.807, 2.05) is 0 Å². The van der Waals surface area contributed by atoms with Gasteiger partial charge in [0, 0.05) is 6.54 Å². The van der Waals surface area contributed by atoms with Gasteiger partial charge in [-0.15, -0.1) is 0 Å². The van der Waals surface area contributed by atoms with E-state index in [1.54, 1.807) is 0 Å². The Balaban J connectivity index is 1.52. The molecular weight excluding hydrogens is 198 g/mol. The van der Waals surface area contributed by atoms with Gasteiger partial charge < -0.3 is 10.4 Å². The molecule has 2 nitrogen and oxygen atoms in total. The summed E-state index contributed by atoms with van der Waals surface area (Å²) >= 11 is 0. The van der Waals surface area contributed by atoms with E-state index in [0.29, 0.717) is 5.41 Å². The maximum atomic E-state index is 9.91. The zero-order valence-corrected chi connectivity index (χ0v) is 10.8. The van der Waals surface area contributed by atoms with E-state index in [1.165, 1.54) is 32.1 Å². The normalized spacial score (nSPS) is 30.6. The Bertz CT molecular complexity index is 221. The Morgan fingerprint density at radius 1 is 1.31 bits per heavy atom. The first-order valence-electron chi connectivity index (χ1n) is 6.97. The third-order valence-electron chi connectivity index (χ3n) is 4.57. The van der Waals surface area contributed by atoms with Crippen molar-refractivity contribution in [3.63, 3.8) is 0 Å². The van der Waals surface area contributed by atoms with E-state index in [2.05, 4.69) is 19.2 Å². The summed E-state index contributed by atoms with van der Waals surface area (Å²) in [5.41, 5.74) is 0.559. The summed E-state index contributed by atoms with van der Waals surface area (Å²) in [6.07, 6.45) is 7.67. The first-order chi connectivity index (χ1) is 7.58. The molecule has 2 unspecified atom stereocenters. The minimum atomic E-state index is -0.120. The average Bonchev–Trinajstić information content (AvgIpc) is 2.66. The van der Waals surface area contributed by atoms with Crippen LogP contribution in [0.15, 0.2) is 0 Å². The van der Waals surface area contributed by atoms with Gasteiger partial charge in [0.1, 0.15) is 0 Å². The van der Waals surface area contributed by atoms with Crippen LogP contribution in [0.1, 0.15) is 52.4 Å². The number of aliphatic hydroxyl groups is 1. The van der Waals surface area contributed by atoms with Gasteiger partial charge in [-0.2, -0.15) is 0 Å². The largest absolute Gasteiger partial charge is 0.392 e. The summed E-state index contributed by atoms with van der Waals surface area (Å²) in [5.74, 6) is 1.64. The van der Waals surface area contributed by atoms with E-state index in [9.17, 15) is 5.11 Å². The minimum absolute atomic E-state index is 0.120. The smallest absolute Gasteiger partial charge is 0.0667 e. The Kier molecular flexibility index (Phi) is 3.91. The summed E-state index contributed by atoms with van der Waals surface area (Å²) in [6, 6.07) is 0. The van der Waals surface area contributed by atoms with Crippen molar-refractivity contribution in [3.05, 3.63) is 0 Å². The van der Waals surface area contributed by atoms with Crippen molar-refractivity contribution in [3.8, 4) is 0 Å². The molecule has 2 saturated carbocycles. The summed E-state index contributed by atoms with van der Waals surface area (Å²) in [6.45, 7) is 6.54. The van der Waals surface area contributed by atoms with Gasteiger partial charge in [-0.3, -0.25) is 0 Å². The molecule has 2 atom stereocenters. The lowest BCUT2D eigenvalue weighted by Crippen LogP contribution is -2.30. The monoisotopic (exact) mass is 225 g/mol. The Labute approximate surface area is 99.8 Å². The maximum absolute atomic E-state index is 9.91. The first kappa shape index (κ1) is 12.4. The van der Waals surface area contributed by atoms with Gasteiger partial charge in [0.05, 0.1) is 6.10 Å². The second-order valence-corrected chi connectivity index (χ2v) is 6.59. The Morgan fingerprint density at radius 3 is 2.50 bits per heavy atom. The summed E-state index contributed by atoms with van der Waals surface area (Å²) in [5, 5.41) is 13.3. The molecule has 2 aliphatic carbocycles. The first-order valence-corrected chi connectivity index (χ1v) is 6.97. The van der Waals surface area contributed by atoms with Crippen molar-refractivity contribution in [2.75, 3.05) is 13.1 Å². The third kappa shape index (κ3) is 3.46. The van der Waals surface area contributed by atoms with Crippen LogP contribution in [0.2, 0.25) is 0 Å². The molecule has 0 saturated heterocycles. The predicted molar refractivity (Wildman–Crippen MR) is 67.3 cm³/mol. The molecule has 0 aromatic carbocycles. The molecule has 0 aromatic heterocycles. The van der Waals surface area contributed by atoms with Crippen LogP contribution < -0.4 is 5.32 Å². The summed E-state index contributed by atoms with van der Waals surface area (Å²) < 4.78 is 0. The van der Waals surface area contributed by atoms with Gasteiger partial charge >= 0.3 is 0 Å². The fourth-order valence-electron chi connectivity index (χ4n) is 3.06. The van der Waals surface area contributed by atoms with Crippen LogP contribution in [0.25, 0.3) is 0 Å². The molecular formula is C14H27NO. The molecule has 0 heterocycles. The number of hydrogen-bond donors (Lipinski definition) is 2. The van der Waals surface area contributed by atoms with Gasteiger partial charge in [-0.25, -0.2) is 0 Å². The predicted octanol–water partition coefficient (Wildman–Crippen LogP) is 2.56. The zero-order chi connectivity index (χ0) is 11.6. The van der Waals surface area contributed by atoms with Crippen LogP contribution in [0, 0.1) is 17.3 Å². The molecule has 0 radical (unpaired) electrons. The van der Waals surface area contributed by atoms with Gasteiger partial charge in [-0.1, -0.05) is 39.5 Å². The zero-order valence-electron chi connectivity index (χ0n) is 10.8. The van der Waals surface area contributed by atoms with Crippen molar-refractivity contribution in [1.82, 2.24) is 5.32 Å². The van der Waals surface area contributed by atoms with Crippen molar-refractivity contribution in [2.45, 2.75) is 58.5 Å². The van der Waals surface area contributed by atoms with Crippen LogP contribution in [0.5, 0.6) is 0 Å². The molecule has 0 bridgehead atoms. The second kappa shape index (κ2) is 5.05. The highest BCUT2D eigenvalue weighted by Gasteiger charge is 2.44. The molecule has 2 N–H and O–H groups in total. The Morgan fingerprint density at radius 2 is 1.94 bits per heavy atom. The maximum Gasteiger partial charge on any atom is 0.0667 e. The molecule has 0 aliphatic heterocycles. The molecule has 2 rings (SSSR count). The quantitative estimate of drug-likeness (QED) is 0.728. The average molecular weight is 225 g/mol. The third-order valence-corrected chi connectivity index (χ3v) is 4.57. The number of rotatable bonds is 6. The van der Waals surface area contributed by atoms with Gasteiger partial charge in [0.15, 0.2) is 0 Å². The molecule has 94 valence electrons. The number of aliphatic hydroxyl groups excluding tert-OH is 1. The number of hydrogen-bond acceptors (Lipinski definition) is 2. The fraction of sp³-hybridized carbons (Fsp3) is 1.00. The van der Waals surface area contributed by atoms with Crippen LogP contribution >= 0.6 is 0 Å². The minimum Gasteiger partial charge on any atom is -0.392 e. The molecule has 2 heteroatoms. The lowest BCUT2D eigenvalue weighted by atomic mass is 10.00. The van der Waals surface area contributed by atoms with E-state index < -0.39 is 0 Å². The number of nitrogens with one attached hydrogen (secondary N) is 1. The van der Waals surface area contributed by atoms with Crippen LogP contribution in [-0.4, -0.2) is 24.3 Å². The molecule has 2 fully saturated rings. The van der Waals surface area contributed by atoms with Gasteiger partial charge in [0.25, 0.3) is 0 Å². The fourth-order valence-corrected chi connectivity index (χ4v) is 3.06. The van der Waals surface area contributed by atoms with E-state index >= 15 is 0 Å². The molecule has 16 heavy (non-hydrogen) atoms. The lowest BCUT2D eigenvalue weighted by molar-refractivity contribution is 0.140. The Hall–Kier alpha value is -0.0800. The standard InChI is InChI=1S/C14H27NO/c1-14(2)8-12(14)9-15-10-13(16)7-11-5-3-4-6-11/h11-13,15-16H,3-10H2,1-2H3. The van der Waals surface area contributed by atoms with Crippen molar-refractivity contribution in [2.24, 2.45) is 17.3 Å². The van der Waals surface area contributed by atoms with E-state index in [-0.39, 0.29) is 6.10 Å². The summed E-state index contributed by atoms with van der Waals surface area (Å²) in [4.78, 5) is 0. The molecule has 0 aromatic rings.